The molecule has 2 aromatic rings. The summed E-state index contributed by atoms with van der Waals surface area (Å²) in [6.45, 7) is 5.48. The molecule has 2 rings (SSSR count). The number of ketones is 1. The molecule has 5 nitrogen and oxygen atoms in total. The van der Waals surface area contributed by atoms with E-state index in [-0.39, 0.29) is 11.7 Å². The number of hydrogen-bond donors (Lipinski definition) is 1. The number of ether oxygens (including phenoxy) is 1. The number of rotatable bonds is 8. The predicted molar refractivity (Wildman–Crippen MR) is 103 cm³/mol. The second-order valence-corrected chi connectivity index (χ2v) is 6.26. The summed E-state index contributed by atoms with van der Waals surface area (Å²) in [6.07, 6.45) is 0. The van der Waals surface area contributed by atoms with E-state index >= 15 is 0 Å². The second kappa shape index (κ2) is 9.15. The molecular formula is C21H26N2O3. The molecule has 5 heteroatoms. The molecule has 1 amide bonds. The molecule has 0 unspecified atom stereocenters. The number of hydrogen-bond acceptors (Lipinski definition) is 4. The van der Waals surface area contributed by atoms with E-state index < -0.39 is 0 Å². The third kappa shape index (κ3) is 5.17. The molecular weight excluding hydrogens is 328 g/mol. The number of nitrogens with zero attached hydrogens (tertiary/aromatic N) is 1. The van der Waals surface area contributed by atoms with Crippen molar-refractivity contribution < 1.29 is 14.3 Å². The molecule has 0 aliphatic heterocycles. The standard InChI is InChI=1S/C21H26N2O3/c1-5-26-20-11-10-18(15(2)24)12-19(20)14-23(4)13-16-6-8-17(9-7-16)21(25)22-3/h6-12H,5,13-14H2,1-4H3,(H,22,25). The number of benzene rings is 2. The number of amides is 1. The van der Waals surface area contributed by atoms with Gasteiger partial charge in [-0.2, -0.15) is 0 Å². The van der Waals surface area contributed by atoms with Gasteiger partial charge in [0.2, 0.25) is 0 Å². The van der Waals surface area contributed by atoms with Gasteiger partial charge in [0, 0.05) is 36.8 Å². The van der Waals surface area contributed by atoms with Gasteiger partial charge in [-0.3, -0.25) is 14.5 Å². The van der Waals surface area contributed by atoms with Gasteiger partial charge in [0.25, 0.3) is 5.91 Å². The van der Waals surface area contributed by atoms with Crippen LogP contribution in [0.5, 0.6) is 5.75 Å². The first-order valence-corrected chi connectivity index (χ1v) is 8.70. The topological polar surface area (TPSA) is 58.6 Å². The Labute approximate surface area is 155 Å². The Balaban J connectivity index is 2.11. The highest BCUT2D eigenvalue weighted by Gasteiger charge is 2.11. The summed E-state index contributed by atoms with van der Waals surface area (Å²) in [5.74, 6) is 0.758. The van der Waals surface area contributed by atoms with Crippen molar-refractivity contribution in [1.29, 1.82) is 0 Å². The minimum atomic E-state index is -0.0905. The second-order valence-electron chi connectivity index (χ2n) is 6.26. The fraction of sp³-hybridized carbons (Fsp3) is 0.333. The first kappa shape index (κ1) is 19.7. The van der Waals surface area contributed by atoms with Gasteiger partial charge in [0.15, 0.2) is 5.78 Å². The molecule has 1 N–H and O–H groups in total. The minimum absolute atomic E-state index is 0.0433. The quantitative estimate of drug-likeness (QED) is 0.739. The average molecular weight is 354 g/mol. The lowest BCUT2D eigenvalue weighted by Gasteiger charge is -2.19. The molecule has 0 bridgehead atoms. The van der Waals surface area contributed by atoms with E-state index in [0.29, 0.717) is 24.3 Å². The normalized spacial score (nSPS) is 10.7. The first-order valence-electron chi connectivity index (χ1n) is 8.70. The van der Waals surface area contributed by atoms with E-state index in [2.05, 4.69) is 10.2 Å². The molecule has 0 aliphatic rings. The molecule has 0 saturated carbocycles. The maximum atomic E-state index is 11.7. The van der Waals surface area contributed by atoms with Crippen molar-refractivity contribution in [2.45, 2.75) is 26.9 Å². The van der Waals surface area contributed by atoms with Crippen LogP contribution < -0.4 is 10.1 Å². The van der Waals surface area contributed by atoms with Crippen molar-refractivity contribution in [3.05, 3.63) is 64.7 Å². The van der Waals surface area contributed by atoms with E-state index in [1.165, 1.54) is 0 Å². The smallest absolute Gasteiger partial charge is 0.251 e. The Morgan fingerprint density at radius 3 is 2.27 bits per heavy atom. The molecule has 0 radical (unpaired) electrons. The summed E-state index contributed by atoms with van der Waals surface area (Å²) in [4.78, 5) is 25.4. The molecule has 0 aromatic heterocycles. The Hall–Kier alpha value is -2.66. The van der Waals surface area contributed by atoms with Gasteiger partial charge < -0.3 is 10.1 Å². The van der Waals surface area contributed by atoms with Gasteiger partial charge in [-0.05, 0) is 56.8 Å². The fourth-order valence-electron chi connectivity index (χ4n) is 2.78. The van der Waals surface area contributed by atoms with Gasteiger partial charge in [-0.15, -0.1) is 0 Å². The van der Waals surface area contributed by atoms with Crippen LogP contribution in [-0.2, 0) is 13.1 Å². The Morgan fingerprint density at radius 1 is 1.04 bits per heavy atom. The maximum absolute atomic E-state index is 11.7. The van der Waals surface area contributed by atoms with Crippen molar-refractivity contribution in [3.8, 4) is 5.75 Å². The van der Waals surface area contributed by atoms with E-state index in [0.717, 1.165) is 23.4 Å². The number of nitrogens with one attached hydrogen (secondary N) is 1. The van der Waals surface area contributed by atoms with Crippen molar-refractivity contribution in [3.63, 3.8) is 0 Å². The van der Waals surface area contributed by atoms with Crippen LogP contribution in [0.15, 0.2) is 42.5 Å². The maximum Gasteiger partial charge on any atom is 0.251 e. The van der Waals surface area contributed by atoms with Crippen LogP contribution in [0, 0.1) is 0 Å². The molecule has 0 spiro atoms. The lowest BCUT2D eigenvalue weighted by Crippen LogP contribution is -2.19. The van der Waals surface area contributed by atoms with Gasteiger partial charge in [-0.1, -0.05) is 12.1 Å². The SMILES string of the molecule is CCOc1ccc(C(C)=O)cc1CN(C)Cc1ccc(C(=O)NC)cc1. The Kier molecular flexibility index (Phi) is 6.92. The van der Waals surface area contributed by atoms with Crippen molar-refractivity contribution in [2.24, 2.45) is 0 Å². The third-order valence-corrected chi connectivity index (χ3v) is 4.10. The van der Waals surface area contributed by atoms with E-state index in [1.807, 2.05) is 50.4 Å². The van der Waals surface area contributed by atoms with Crippen molar-refractivity contribution in [1.82, 2.24) is 10.2 Å². The average Bonchev–Trinajstić information content (AvgIpc) is 2.63. The molecule has 0 aliphatic carbocycles. The number of Topliss-reactive ketones (excluding diaryl/α,β-unsaturated/α-hetero) is 1. The van der Waals surface area contributed by atoms with E-state index in [4.69, 9.17) is 4.74 Å². The molecule has 2 aromatic carbocycles. The summed E-state index contributed by atoms with van der Waals surface area (Å²) >= 11 is 0. The van der Waals surface area contributed by atoms with Crippen molar-refractivity contribution in [2.75, 3.05) is 20.7 Å². The number of carbonyl (C=O) groups excluding carboxylic acids is 2. The molecule has 138 valence electrons. The number of carbonyl (C=O) groups is 2. The Bertz CT molecular complexity index is 769. The summed E-state index contributed by atoms with van der Waals surface area (Å²) in [7, 11) is 3.64. The lowest BCUT2D eigenvalue weighted by atomic mass is 10.1. The molecule has 0 heterocycles. The largest absolute Gasteiger partial charge is 0.494 e. The van der Waals surface area contributed by atoms with E-state index in [1.54, 1.807) is 20.0 Å². The van der Waals surface area contributed by atoms with Crippen LogP contribution in [-0.4, -0.2) is 37.3 Å². The molecule has 0 atom stereocenters. The fourth-order valence-corrected chi connectivity index (χ4v) is 2.78. The third-order valence-electron chi connectivity index (χ3n) is 4.10. The zero-order valence-corrected chi connectivity index (χ0v) is 15.8. The summed E-state index contributed by atoms with van der Waals surface area (Å²) in [5, 5.41) is 2.62. The van der Waals surface area contributed by atoms with Crippen LogP contribution in [0.2, 0.25) is 0 Å². The van der Waals surface area contributed by atoms with Gasteiger partial charge in [0.05, 0.1) is 6.61 Å². The first-order chi connectivity index (χ1) is 12.4. The molecule has 0 saturated heterocycles. The van der Waals surface area contributed by atoms with Gasteiger partial charge in [-0.25, -0.2) is 0 Å². The van der Waals surface area contributed by atoms with Crippen LogP contribution in [0.25, 0.3) is 0 Å². The van der Waals surface area contributed by atoms with Crippen LogP contribution in [0.3, 0.4) is 0 Å². The molecule has 0 fully saturated rings. The Morgan fingerprint density at radius 2 is 1.69 bits per heavy atom. The summed E-state index contributed by atoms with van der Waals surface area (Å²) in [6, 6.07) is 13.1. The zero-order chi connectivity index (χ0) is 19.1. The van der Waals surface area contributed by atoms with E-state index in [9.17, 15) is 9.59 Å². The van der Waals surface area contributed by atoms with Crippen LogP contribution >= 0.6 is 0 Å². The zero-order valence-electron chi connectivity index (χ0n) is 15.8. The highest BCUT2D eigenvalue weighted by atomic mass is 16.5. The monoisotopic (exact) mass is 354 g/mol. The lowest BCUT2D eigenvalue weighted by molar-refractivity contribution is 0.0961. The van der Waals surface area contributed by atoms with Crippen LogP contribution in [0.4, 0.5) is 0 Å². The highest BCUT2D eigenvalue weighted by molar-refractivity contribution is 5.94. The summed E-state index contributed by atoms with van der Waals surface area (Å²) in [5.41, 5.74) is 3.43. The predicted octanol–water partition coefficient (Wildman–Crippen LogP) is 3.28. The summed E-state index contributed by atoms with van der Waals surface area (Å²) < 4.78 is 5.69. The van der Waals surface area contributed by atoms with Crippen LogP contribution in [0.1, 0.15) is 45.7 Å². The van der Waals surface area contributed by atoms with Gasteiger partial charge in [0.1, 0.15) is 5.75 Å². The van der Waals surface area contributed by atoms with Crippen molar-refractivity contribution >= 4 is 11.7 Å². The molecule has 26 heavy (non-hydrogen) atoms. The highest BCUT2D eigenvalue weighted by Crippen LogP contribution is 2.23. The van der Waals surface area contributed by atoms with Gasteiger partial charge >= 0.3 is 0 Å². The minimum Gasteiger partial charge on any atom is -0.494 e.